The Morgan fingerprint density at radius 2 is 2.07 bits per heavy atom. The van der Waals surface area contributed by atoms with Crippen LogP contribution in [-0.4, -0.2) is 41.4 Å². The van der Waals surface area contributed by atoms with Crippen LogP contribution >= 0.6 is 0 Å². The van der Waals surface area contributed by atoms with Crippen molar-refractivity contribution in [2.45, 2.75) is 24.9 Å². The fourth-order valence-electron chi connectivity index (χ4n) is 3.51. The molecule has 1 heterocycles. The second-order valence-electron chi connectivity index (χ2n) is 7.18. The highest BCUT2D eigenvalue weighted by Crippen LogP contribution is 2.33. The molecule has 1 amide bonds. The summed E-state index contributed by atoms with van der Waals surface area (Å²) in [6.45, 7) is 1.55. The van der Waals surface area contributed by atoms with Gasteiger partial charge in [-0.15, -0.1) is 0 Å². The van der Waals surface area contributed by atoms with Gasteiger partial charge in [0.25, 0.3) is 11.6 Å². The molecule has 0 spiro atoms. The maximum atomic E-state index is 13.7. The Balaban J connectivity index is 1.63. The fourth-order valence-corrected chi connectivity index (χ4v) is 3.51. The van der Waals surface area contributed by atoms with Crippen LogP contribution < -0.4 is 10.6 Å². The van der Waals surface area contributed by atoms with Gasteiger partial charge in [0.1, 0.15) is 11.5 Å². The van der Waals surface area contributed by atoms with Crippen LogP contribution in [0.5, 0.6) is 0 Å². The molecular formula is C20H21FN4O3. The average Bonchev–Trinajstić information content (AvgIpc) is 3.51. The molecule has 1 aliphatic heterocycles. The highest BCUT2D eigenvalue weighted by Gasteiger charge is 2.31. The SMILES string of the molecule is O=C(c1ccc(NC2CC2)c([N+](=O)[O-])c1)N1CCNCC1c1cccc(F)c1. The molecule has 1 saturated carbocycles. The first-order valence-electron chi connectivity index (χ1n) is 9.35. The van der Waals surface area contributed by atoms with E-state index in [1.54, 1.807) is 29.2 Å². The van der Waals surface area contributed by atoms with Gasteiger partial charge in [-0.2, -0.15) is 0 Å². The van der Waals surface area contributed by atoms with Crippen molar-refractivity contribution in [2.24, 2.45) is 0 Å². The summed E-state index contributed by atoms with van der Waals surface area (Å²) in [6, 6.07) is 10.7. The molecular weight excluding hydrogens is 363 g/mol. The van der Waals surface area contributed by atoms with Crippen molar-refractivity contribution in [1.82, 2.24) is 10.2 Å². The highest BCUT2D eigenvalue weighted by molar-refractivity contribution is 5.96. The van der Waals surface area contributed by atoms with E-state index in [1.165, 1.54) is 18.2 Å². The quantitative estimate of drug-likeness (QED) is 0.611. The van der Waals surface area contributed by atoms with Crippen molar-refractivity contribution >= 4 is 17.3 Å². The van der Waals surface area contributed by atoms with Gasteiger partial charge in [-0.3, -0.25) is 14.9 Å². The molecule has 4 rings (SSSR count). The lowest BCUT2D eigenvalue weighted by molar-refractivity contribution is -0.384. The number of carbonyl (C=O) groups is 1. The Bertz CT molecular complexity index is 916. The number of amides is 1. The first-order valence-corrected chi connectivity index (χ1v) is 9.35. The van der Waals surface area contributed by atoms with Crippen LogP contribution in [0, 0.1) is 15.9 Å². The average molecular weight is 384 g/mol. The maximum absolute atomic E-state index is 13.7. The molecule has 7 nitrogen and oxygen atoms in total. The Morgan fingerprint density at radius 1 is 1.25 bits per heavy atom. The molecule has 2 aromatic rings. The van der Waals surface area contributed by atoms with Gasteiger partial charge in [0, 0.05) is 37.3 Å². The van der Waals surface area contributed by atoms with Crippen molar-refractivity contribution in [2.75, 3.05) is 25.0 Å². The van der Waals surface area contributed by atoms with Gasteiger partial charge in [0.15, 0.2) is 0 Å². The molecule has 0 bridgehead atoms. The standard InChI is InChI=1S/C20H21FN4O3/c21-15-3-1-2-13(10-15)19-12-22-8-9-24(19)20(26)14-4-7-17(23-16-5-6-16)18(11-14)25(27)28/h1-4,7,10-11,16,19,22-23H,5-6,8-9,12H2. The summed E-state index contributed by atoms with van der Waals surface area (Å²) in [5.41, 5.74) is 1.29. The second kappa shape index (κ2) is 7.55. The molecule has 8 heteroatoms. The number of nitrogens with zero attached hydrogens (tertiary/aromatic N) is 2. The lowest BCUT2D eigenvalue weighted by Gasteiger charge is -2.36. The second-order valence-corrected chi connectivity index (χ2v) is 7.18. The first kappa shape index (κ1) is 18.4. The van der Waals surface area contributed by atoms with Crippen LogP contribution in [0.25, 0.3) is 0 Å². The molecule has 146 valence electrons. The van der Waals surface area contributed by atoms with E-state index >= 15 is 0 Å². The van der Waals surface area contributed by atoms with Crippen molar-refractivity contribution in [1.29, 1.82) is 0 Å². The molecule has 0 aromatic heterocycles. The zero-order valence-electron chi connectivity index (χ0n) is 15.2. The molecule has 1 unspecified atom stereocenters. The van der Waals surface area contributed by atoms with Crippen LogP contribution in [0.1, 0.15) is 34.8 Å². The smallest absolute Gasteiger partial charge is 0.293 e. The largest absolute Gasteiger partial charge is 0.377 e. The van der Waals surface area contributed by atoms with E-state index in [4.69, 9.17) is 0 Å². The van der Waals surface area contributed by atoms with Crippen molar-refractivity contribution < 1.29 is 14.1 Å². The molecule has 2 N–H and O–H groups in total. The van der Waals surface area contributed by atoms with Gasteiger partial charge in [-0.25, -0.2) is 4.39 Å². The first-order chi connectivity index (χ1) is 13.5. The summed E-state index contributed by atoms with van der Waals surface area (Å²) in [4.78, 5) is 25.8. The summed E-state index contributed by atoms with van der Waals surface area (Å²) in [5.74, 6) is -0.654. The van der Waals surface area contributed by atoms with Crippen molar-refractivity contribution in [3.63, 3.8) is 0 Å². The molecule has 2 fully saturated rings. The van der Waals surface area contributed by atoms with Gasteiger partial charge >= 0.3 is 0 Å². The van der Waals surface area contributed by atoms with E-state index < -0.39 is 4.92 Å². The van der Waals surface area contributed by atoms with Crippen LogP contribution in [0.3, 0.4) is 0 Å². The number of benzene rings is 2. The van der Waals surface area contributed by atoms with Crippen LogP contribution in [-0.2, 0) is 0 Å². The third kappa shape index (κ3) is 3.82. The maximum Gasteiger partial charge on any atom is 0.293 e. The number of nitro benzene ring substituents is 1. The van der Waals surface area contributed by atoms with Crippen LogP contribution in [0.2, 0.25) is 0 Å². The third-order valence-electron chi connectivity index (χ3n) is 5.12. The lowest BCUT2D eigenvalue weighted by atomic mass is 10.0. The van der Waals surface area contributed by atoms with Gasteiger partial charge in [0.05, 0.1) is 11.0 Å². The van der Waals surface area contributed by atoms with E-state index in [0.29, 0.717) is 30.9 Å². The number of nitro groups is 1. The summed E-state index contributed by atoms with van der Waals surface area (Å²) < 4.78 is 13.7. The Labute approximate surface area is 161 Å². The van der Waals surface area contributed by atoms with Gasteiger partial charge < -0.3 is 15.5 Å². The topological polar surface area (TPSA) is 87.5 Å². The van der Waals surface area contributed by atoms with Gasteiger partial charge in [-0.1, -0.05) is 12.1 Å². The fraction of sp³-hybridized carbons (Fsp3) is 0.350. The normalized spacial score (nSPS) is 19.3. The lowest BCUT2D eigenvalue weighted by Crippen LogP contribution is -2.48. The molecule has 28 heavy (non-hydrogen) atoms. The molecule has 1 saturated heterocycles. The minimum Gasteiger partial charge on any atom is -0.377 e. The number of carbonyl (C=O) groups excluding carboxylic acids is 1. The molecule has 1 atom stereocenters. The molecule has 0 radical (unpaired) electrons. The van der Waals surface area contributed by atoms with Gasteiger partial charge in [-0.05, 0) is 42.7 Å². The predicted octanol–water partition coefficient (Wildman–Crippen LogP) is 3.09. The molecule has 2 aliphatic rings. The van der Waals surface area contributed by atoms with Gasteiger partial charge in [0.2, 0.25) is 0 Å². The summed E-state index contributed by atoms with van der Waals surface area (Å²) in [6.07, 6.45) is 1.99. The number of anilines is 1. The predicted molar refractivity (Wildman–Crippen MR) is 103 cm³/mol. The van der Waals surface area contributed by atoms with E-state index in [1.807, 2.05) is 0 Å². The Kier molecular flexibility index (Phi) is 4.95. The van der Waals surface area contributed by atoms with E-state index in [-0.39, 0.29) is 35.1 Å². The third-order valence-corrected chi connectivity index (χ3v) is 5.12. The zero-order valence-corrected chi connectivity index (χ0v) is 15.2. The summed E-state index contributed by atoms with van der Waals surface area (Å²) >= 11 is 0. The van der Waals surface area contributed by atoms with Crippen LogP contribution in [0.4, 0.5) is 15.8 Å². The molecule has 1 aliphatic carbocycles. The van der Waals surface area contributed by atoms with Crippen molar-refractivity contribution in [3.05, 3.63) is 69.5 Å². The number of rotatable bonds is 5. The number of nitrogens with one attached hydrogen (secondary N) is 2. The van der Waals surface area contributed by atoms with Crippen LogP contribution in [0.15, 0.2) is 42.5 Å². The monoisotopic (exact) mass is 384 g/mol. The Hall–Kier alpha value is -3.00. The minimum atomic E-state index is -0.469. The van der Waals surface area contributed by atoms with E-state index in [0.717, 1.165) is 12.8 Å². The highest BCUT2D eigenvalue weighted by atomic mass is 19.1. The number of hydrogen-bond donors (Lipinski definition) is 2. The number of piperazine rings is 1. The number of halogens is 1. The van der Waals surface area contributed by atoms with E-state index in [9.17, 15) is 19.3 Å². The molecule has 2 aromatic carbocycles. The summed E-state index contributed by atoms with van der Waals surface area (Å²) in [5, 5.41) is 17.8. The minimum absolute atomic E-state index is 0.102. The zero-order chi connectivity index (χ0) is 19.7. The van der Waals surface area contributed by atoms with E-state index in [2.05, 4.69) is 10.6 Å². The Morgan fingerprint density at radius 3 is 2.79 bits per heavy atom. The van der Waals surface area contributed by atoms with Crippen molar-refractivity contribution in [3.8, 4) is 0 Å². The summed E-state index contributed by atoms with van der Waals surface area (Å²) in [7, 11) is 0. The number of hydrogen-bond acceptors (Lipinski definition) is 5.